The maximum atomic E-state index is 12.7. The lowest BCUT2D eigenvalue weighted by atomic mass is 9.42. The molecule has 0 heterocycles. The second kappa shape index (κ2) is 8.99. The van der Waals surface area contributed by atoms with Crippen molar-refractivity contribution in [2.45, 2.75) is 65.4 Å². The number of rotatable bonds is 5. The molecule has 3 aliphatic carbocycles. The summed E-state index contributed by atoms with van der Waals surface area (Å²) in [6, 6.07) is 0. The van der Waals surface area contributed by atoms with Crippen LogP contribution in [0.1, 0.15) is 59.3 Å². The second-order valence-corrected chi connectivity index (χ2v) is 10.1. The van der Waals surface area contributed by atoms with Crippen LogP contribution in [0.3, 0.4) is 0 Å². The predicted octanol–water partition coefficient (Wildman–Crippen LogP) is 3.09. The lowest BCUT2D eigenvalue weighted by Crippen LogP contribution is -2.60. The summed E-state index contributed by atoms with van der Waals surface area (Å²) in [5.41, 5.74) is 0.542. The van der Waals surface area contributed by atoms with E-state index < -0.39 is 11.5 Å². The fourth-order valence-electron chi connectivity index (χ4n) is 7.12. The summed E-state index contributed by atoms with van der Waals surface area (Å²) in [6.45, 7) is 7.49. The molecule has 2 N–H and O–H groups in total. The Bertz CT molecular complexity index is 691. The molecule has 7 atom stereocenters. The highest BCUT2D eigenvalue weighted by Crippen LogP contribution is 2.65. The number of carbonyl (C=O) groups is 2. The summed E-state index contributed by atoms with van der Waals surface area (Å²) in [5, 5.41) is 14.2. The van der Waals surface area contributed by atoms with Gasteiger partial charge in [-0.1, -0.05) is 25.8 Å². The minimum absolute atomic E-state index is 0.00180. The highest BCUT2D eigenvalue weighted by molar-refractivity contribution is 5.83. The van der Waals surface area contributed by atoms with Crippen molar-refractivity contribution in [3.8, 4) is 0 Å². The monoisotopic (exact) mass is 421 g/mol. The average Bonchev–Trinajstić information content (AvgIpc) is 2.71. The Balaban J connectivity index is 1.83. The third-order valence-corrected chi connectivity index (χ3v) is 8.67. The van der Waals surface area contributed by atoms with Crippen LogP contribution >= 0.6 is 0 Å². The Labute approximate surface area is 180 Å². The molecular weight excluding hydrogens is 382 g/mol. The molecule has 0 aromatic rings. The molecule has 0 aromatic heterocycles. The van der Waals surface area contributed by atoms with E-state index in [1.165, 1.54) is 7.11 Å². The smallest absolute Gasteiger partial charge is 0.330 e. The van der Waals surface area contributed by atoms with Crippen LogP contribution in [0, 0.1) is 34.5 Å². The maximum absolute atomic E-state index is 12.7. The van der Waals surface area contributed by atoms with Gasteiger partial charge in [-0.15, -0.1) is 0 Å². The molecule has 0 saturated heterocycles. The van der Waals surface area contributed by atoms with Gasteiger partial charge < -0.3 is 19.9 Å². The van der Waals surface area contributed by atoms with Crippen LogP contribution < -0.4 is 5.32 Å². The summed E-state index contributed by atoms with van der Waals surface area (Å²) < 4.78 is 10.5. The third-order valence-electron chi connectivity index (χ3n) is 8.67. The van der Waals surface area contributed by atoms with E-state index in [1.54, 1.807) is 6.08 Å². The number of esters is 2. The van der Waals surface area contributed by atoms with E-state index in [9.17, 15) is 14.7 Å². The number of allylic oxidation sites excluding steroid dienone is 1. The number of aliphatic hydroxyl groups excluding tert-OH is 1. The number of ether oxygens (including phenoxy) is 2. The highest BCUT2D eigenvalue weighted by Gasteiger charge is 2.62. The SMILES string of the molecule is CNCCOC(=O)/C=C1\CC[C@H]2[C@@H]([C@@H](O)C[C@@H]3[C@]2(C)CCC[C@]3(C)C(=O)OC)[C@H]1C. The van der Waals surface area contributed by atoms with Crippen molar-refractivity contribution < 1.29 is 24.2 Å². The Morgan fingerprint density at radius 1 is 1.30 bits per heavy atom. The molecule has 6 nitrogen and oxygen atoms in total. The quantitative estimate of drug-likeness (QED) is 0.403. The van der Waals surface area contributed by atoms with Crippen LogP contribution in [0.15, 0.2) is 11.6 Å². The van der Waals surface area contributed by atoms with Gasteiger partial charge in [0.2, 0.25) is 0 Å². The molecular formula is C24H39NO5. The second-order valence-electron chi connectivity index (χ2n) is 10.1. The predicted molar refractivity (Wildman–Crippen MR) is 115 cm³/mol. The van der Waals surface area contributed by atoms with Gasteiger partial charge in [0.15, 0.2) is 0 Å². The zero-order chi connectivity index (χ0) is 22.1. The Hall–Kier alpha value is -1.40. The number of aliphatic hydroxyl groups is 1. The molecule has 0 bridgehead atoms. The molecule has 30 heavy (non-hydrogen) atoms. The molecule has 0 radical (unpaired) electrons. The van der Waals surface area contributed by atoms with E-state index in [2.05, 4.69) is 19.2 Å². The molecule has 3 fully saturated rings. The van der Waals surface area contributed by atoms with Gasteiger partial charge >= 0.3 is 11.9 Å². The van der Waals surface area contributed by atoms with Crippen LogP contribution in [0.25, 0.3) is 0 Å². The van der Waals surface area contributed by atoms with Crippen molar-refractivity contribution in [1.82, 2.24) is 5.32 Å². The lowest BCUT2D eigenvalue weighted by Gasteiger charge is -2.62. The van der Waals surface area contributed by atoms with Gasteiger partial charge in [-0.05, 0) is 75.2 Å². The summed E-state index contributed by atoms with van der Waals surface area (Å²) in [6.07, 6.45) is 6.48. The highest BCUT2D eigenvalue weighted by atomic mass is 16.5. The standard InChI is InChI=1S/C24H39NO5/c1-15-16(13-20(27)30-12-11-25-4)7-8-17-21(15)18(26)14-19-23(17,2)9-6-10-24(19,3)22(28)29-5/h13,15,17-19,21,25-26H,6-12,14H2,1-5H3/b16-13+/t15-,17-,18-,19+,21-,23+,24-/m0/s1. The lowest BCUT2D eigenvalue weighted by molar-refractivity contribution is -0.189. The van der Waals surface area contributed by atoms with Crippen LogP contribution in [0.5, 0.6) is 0 Å². The normalized spacial score (nSPS) is 42.2. The van der Waals surface area contributed by atoms with Crippen molar-refractivity contribution in [2.24, 2.45) is 34.5 Å². The minimum Gasteiger partial charge on any atom is -0.469 e. The Kier molecular flexibility index (Phi) is 6.97. The first-order valence-corrected chi connectivity index (χ1v) is 11.5. The summed E-state index contributed by atoms with van der Waals surface area (Å²) in [4.78, 5) is 24.9. The first-order chi connectivity index (χ1) is 14.2. The number of hydrogen-bond donors (Lipinski definition) is 2. The molecule has 0 aliphatic heterocycles. The van der Waals surface area contributed by atoms with Gasteiger partial charge in [0.05, 0.1) is 18.6 Å². The maximum Gasteiger partial charge on any atom is 0.330 e. The molecule has 3 rings (SSSR count). The average molecular weight is 422 g/mol. The fraction of sp³-hybridized carbons (Fsp3) is 0.833. The minimum atomic E-state index is -0.538. The Morgan fingerprint density at radius 2 is 2.03 bits per heavy atom. The van der Waals surface area contributed by atoms with Gasteiger partial charge in [-0.2, -0.15) is 0 Å². The van der Waals surface area contributed by atoms with Crippen molar-refractivity contribution in [3.63, 3.8) is 0 Å². The fourth-order valence-corrected chi connectivity index (χ4v) is 7.12. The van der Waals surface area contributed by atoms with E-state index >= 15 is 0 Å². The van der Waals surface area contributed by atoms with Gasteiger partial charge in [0.25, 0.3) is 0 Å². The first kappa shape index (κ1) is 23.3. The van der Waals surface area contributed by atoms with E-state index in [4.69, 9.17) is 9.47 Å². The number of carbonyl (C=O) groups excluding carboxylic acids is 2. The van der Waals surface area contributed by atoms with E-state index in [1.807, 2.05) is 14.0 Å². The molecule has 0 aromatic carbocycles. The molecule has 6 heteroatoms. The van der Waals surface area contributed by atoms with Gasteiger partial charge in [0, 0.05) is 12.6 Å². The van der Waals surface area contributed by atoms with Crippen molar-refractivity contribution in [2.75, 3.05) is 27.3 Å². The third kappa shape index (κ3) is 3.93. The zero-order valence-corrected chi connectivity index (χ0v) is 19.2. The Morgan fingerprint density at radius 3 is 2.70 bits per heavy atom. The van der Waals surface area contributed by atoms with Crippen molar-refractivity contribution in [1.29, 1.82) is 0 Å². The van der Waals surface area contributed by atoms with Gasteiger partial charge in [-0.25, -0.2) is 4.79 Å². The zero-order valence-electron chi connectivity index (χ0n) is 19.2. The number of hydrogen-bond acceptors (Lipinski definition) is 6. The van der Waals surface area contributed by atoms with Crippen molar-refractivity contribution >= 4 is 11.9 Å². The number of nitrogens with one attached hydrogen (secondary N) is 1. The van der Waals surface area contributed by atoms with Crippen LogP contribution in [-0.4, -0.2) is 50.5 Å². The van der Waals surface area contributed by atoms with E-state index in [-0.39, 0.29) is 35.1 Å². The topological polar surface area (TPSA) is 84.9 Å². The first-order valence-electron chi connectivity index (χ1n) is 11.5. The molecule has 3 aliphatic rings. The van der Waals surface area contributed by atoms with Crippen LogP contribution in [-0.2, 0) is 19.1 Å². The molecule has 170 valence electrons. The van der Waals surface area contributed by atoms with Crippen LogP contribution in [0.2, 0.25) is 0 Å². The van der Waals surface area contributed by atoms with Crippen molar-refractivity contribution in [3.05, 3.63) is 11.6 Å². The summed E-state index contributed by atoms with van der Waals surface area (Å²) >= 11 is 0. The van der Waals surface area contributed by atoms with Crippen LogP contribution in [0.4, 0.5) is 0 Å². The van der Waals surface area contributed by atoms with Gasteiger partial charge in [0.1, 0.15) is 6.61 Å². The number of methoxy groups -OCH3 is 1. The molecule has 0 unspecified atom stereocenters. The molecule has 0 spiro atoms. The van der Waals surface area contributed by atoms with Gasteiger partial charge in [-0.3, -0.25) is 4.79 Å². The molecule has 3 saturated carbocycles. The summed E-state index contributed by atoms with van der Waals surface area (Å²) in [5.74, 6) is 0.249. The number of likely N-dealkylation sites (N-methyl/N-ethyl adjacent to an activating group) is 1. The molecule has 0 amide bonds. The van der Waals surface area contributed by atoms with E-state index in [0.29, 0.717) is 25.5 Å². The summed E-state index contributed by atoms with van der Waals surface area (Å²) in [7, 11) is 3.29. The largest absolute Gasteiger partial charge is 0.469 e. The van der Waals surface area contributed by atoms with E-state index in [0.717, 1.165) is 37.7 Å². The number of fused-ring (bicyclic) bond motifs is 3.